The number of hydrogen-bond donors (Lipinski definition) is 2. The molecule has 0 unspecified atom stereocenters. The van der Waals surface area contributed by atoms with Gasteiger partial charge in [0.15, 0.2) is 5.78 Å². The van der Waals surface area contributed by atoms with E-state index in [-0.39, 0.29) is 34.1 Å². The number of fused-ring (bicyclic) bond motifs is 1. The van der Waals surface area contributed by atoms with E-state index in [1.807, 2.05) is 0 Å². The van der Waals surface area contributed by atoms with Crippen LogP contribution in [0.2, 0.25) is 0 Å². The molecule has 0 aromatic heterocycles. The van der Waals surface area contributed by atoms with Gasteiger partial charge in [0.1, 0.15) is 5.76 Å². The van der Waals surface area contributed by atoms with E-state index < -0.39 is 10.8 Å². The first-order valence-electron chi connectivity index (χ1n) is 7.57. The predicted molar refractivity (Wildman–Crippen MR) is 94.0 cm³/mol. The quantitative estimate of drug-likeness (QED) is 0.498. The van der Waals surface area contributed by atoms with Crippen molar-refractivity contribution >= 4 is 28.8 Å². The van der Waals surface area contributed by atoms with Gasteiger partial charge in [0.25, 0.3) is 11.6 Å². The number of benzene rings is 2. The van der Waals surface area contributed by atoms with Crippen LogP contribution in [0, 0.1) is 10.1 Å². The van der Waals surface area contributed by atoms with Crippen LogP contribution in [0.4, 0.5) is 5.69 Å². The van der Waals surface area contributed by atoms with Gasteiger partial charge in [0, 0.05) is 28.8 Å². The van der Waals surface area contributed by atoms with Crippen molar-refractivity contribution in [3.05, 3.63) is 80.9 Å². The van der Waals surface area contributed by atoms with Gasteiger partial charge in [-0.2, -0.15) is 5.10 Å². The number of carbonyl (C=O) groups is 2. The van der Waals surface area contributed by atoms with Gasteiger partial charge in [0.05, 0.1) is 16.2 Å². The lowest BCUT2D eigenvalue weighted by Crippen LogP contribution is -2.20. The van der Waals surface area contributed by atoms with Crippen LogP contribution < -0.4 is 5.43 Å². The van der Waals surface area contributed by atoms with Crippen molar-refractivity contribution in [3.8, 4) is 0 Å². The van der Waals surface area contributed by atoms with Crippen LogP contribution in [0.3, 0.4) is 0 Å². The van der Waals surface area contributed by atoms with Crippen LogP contribution >= 0.6 is 0 Å². The number of nitrogens with zero attached hydrogens (tertiary/aromatic N) is 2. The fourth-order valence-corrected chi connectivity index (χ4v) is 2.59. The molecule has 26 heavy (non-hydrogen) atoms. The number of aliphatic hydroxyl groups is 1. The molecule has 0 radical (unpaired) electrons. The lowest BCUT2D eigenvalue weighted by atomic mass is 10.1. The zero-order chi connectivity index (χ0) is 18.8. The SMILES string of the molecule is CC(=NNC(=O)c1ccc([N+](=O)[O-])cc1)C1=C(O)c2ccccc2C1=O. The Morgan fingerprint density at radius 3 is 2.31 bits per heavy atom. The molecular formula is C18H13N3O5. The van der Waals surface area contributed by atoms with E-state index in [1.54, 1.807) is 24.3 Å². The molecule has 2 N–H and O–H groups in total. The number of nitro benzene ring substituents is 1. The van der Waals surface area contributed by atoms with Crippen molar-refractivity contribution in [3.63, 3.8) is 0 Å². The molecule has 1 aliphatic carbocycles. The Balaban J connectivity index is 1.79. The van der Waals surface area contributed by atoms with E-state index >= 15 is 0 Å². The van der Waals surface area contributed by atoms with Crippen LogP contribution in [0.15, 0.2) is 59.2 Å². The minimum Gasteiger partial charge on any atom is -0.506 e. The largest absolute Gasteiger partial charge is 0.506 e. The number of non-ortho nitro benzene ring substituents is 1. The van der Waals surface area contributed by atoms with Crippen molar-refractivity contribution in [1.29, 1.82) is 0 Å². The van der Waals surface area contributed by atoms with E-state index in [4.69, 9.17) is 0 Å². The zero-order valence-electron chi connectivity index (χ0n) is 13.6. The number of nitro groups is 1. The van der Waals surface area contributed by atoms with Crippen LogP contribution in [-0.4, -0.2) is 27.4 Å². The van der Waals surface area contributed by atoms with Crippen LogP contribution in [0.1, 0.15) is 33.2 Å². The highest BCUT2D eigenvalue weighted by Crippen LogP contribution is 2.31. The second-order valence-electron chi connectivity index (χ2n) is 5.54. The minimum atomic E-state index is -0.595. The third-order valence-electron chi connectivity index (χ3n) is 3.92. The molecule has 0 fully saturated rings. The molecule has 8 nitrogen and oxygen atoms in total. The number of ketones is 1. The monoisotopic (exact) mass is 351 g/mol. The van der Waals surface area contributed by atoms with Crippen LogP contribution in [0.5, 0.6) is 0 Å². The highest BCUT2D eigenvalue weighted by Gasteiger charge is 2.31. The molecule has 0 aliphatic heterocycles. The third kappa shape index (κ3) is 2.95. The Morgan fingerprint density at radius 1 is 1.12 bits per heavy atom. The summed E-state index contributed by atoms with van der Waals surface area (Å²) in [6.07, 6.45) is 0. The lowest BCUT2D eigenvalue weighted by Gasteiger charge is -2.04. The third-order valence-corrected chi connectivity index (χ3v) is 3.92. The summed E-state index contributed by atoms with van der Waals surface area (Å²) in [6, 6.07) is 11.6. The molecule has 1 amide bonds. The van der Waals surface area contributed by atoms with Crippen molar-refractivity contribution < 1.29 is 19.6 Å². The zero-order valence-corrected chi connectivity index (χ0v) is 13.6. The topological polar surface area (TPSA) is 122 Å². The molecule has 0 saturated heterocycles. The van der Waals surface area contributed by atoms with Gasteiger partial charge in [-0.3, -0.25) is 19.7 Å². The normalized spacial score (nSPS) is 13.6. The molecule has 0 spiro atoms. The fraction of sp³-hybridized carbons (Fsp3) is 0.0556. The first-order valence-corrected chi connectivity index (χ1v) is 7.57. The molecule has 0 atom stereocenters. The van der Waals surface area contributed by atoms with Crippen molar-refractivity contribution in [1.82, 2.24) is 5.43 Å². The molecule has 0 saturated carbocycles. The molecule has 3 rings (SSSR count). The standard InChI is InChI=1S/C18H13N3O5/c1-10(15-16(22)13-4-2-3-5-14(13)17(15)23)19-20-18(24)11-6-8-12(9-7-11)21(25)26/h2-9,22H,1H3,(H,20,24). The molecule has 0 bridgehead atoms. The van der Waals surface area contributed by atoms with Gasteiger partial charge < -0.3 is 5.11 Å². The summed E-state index contributed by atoms with van der Waals surface area (Å²) in [5.74, 6) is -1.15. The van der Waals surface area contributed by atoms with Gasteiger partial charge >= 0.3 is 0 Å². The van der Waals surface area contributed by atoms with Crippen molar-refractivity contribution in [2.24, 2.45) is 5.10 Å². The molecule has 1 aliphatic rings. The van der Waals surface area contributed by atoms with Gasteiger partial charge in [0.2, 0.25) is 0 Å². The fourth-order valence-electron chi connectivity index (χ4n) is 2.59. The highest BCUT2D eigenvalue weighted by atomic mass is 16.6. The van der Waals surface area contributed by atoms with Crippen molar-refractivity contribution in [2.45, 2.75) is 6.92 Å². The lowest BCUT2D eigenvalue weighted by molar-refractivity contribution is -0.384. The van der Waals surface area contributed by atoms with Gasteiger partial charge in [-0.05, 0) is 19.1 Å². The number of aliphatic hydroxyl groups excluding tert-OH is 1. The molecule has 0 heterocycles. The summed E-state index contributed by atoms with van der Waals surface area (Å²) in [7, 11) is 0. The maximum atomic E-state index is 12.4. The maximum Gasteiger partial charge on any atom is 0.271 e. The summed E-state index contributed by atoms with van der Waals surface area (Å²) in [4.78, 5) is 34.5. The molecule has 130 valence electrons. The number of rotatable bonds is 4. The number of hydrazone groups is 1. The molecule has 2 aromatic carbocycles. The average molecular weight is 351 g/mol. The number of amides is 1. The van der Waals surface area contributed by atoms with E-state index in [2.05, 4.69) is 10.5 Å². The number of hydrogen-bond acceptors (Lipinski definition) is 6. The number of carbonyl (C=O) groups excluding carboxylic acids is 2. The molecular weight excluding hydrogens is 338 g/mol. The van der Waals surface area contributed by atoms with Crippen LogP contribution in [0.25, 0.3) is 5.76 Å². The maximum absolute atomic E-state index is 12.4. The van der Waals surface area contributed by atoms with E-state index in [9.17, 15) is 24.8 Å². The average Bonchev–Trinajstić information content (AvgIpc) is 2.90. The predicted octanol–water partition coefficient (Wildman–Crippen LogP) is 2.87. The summed E-state index contributed by atoms with van der Waals surface area (Å²) >= 11 is 0. The van der Waals surface area contributed by atoms with E-state index in [1.165, 1.54) is 31.2 Å². The van der Waals surface area contributed by atoms with Gasteiger partial charge in [-0.1, -0.05) is 24.3 Å². The number of Topliss-reactive ketones (excluding diaryl/α,β-unsaturated/α-hetero) is 1. The summed E-state index contributed by atoms with van der Waals surface area (Å²) in [6.45, 7) is 1.49. The number of allylic oxidation sites excluding steroid dienone is 1. The Hall–Kier alpha value is -3.81. The summed E-state index contributed by atoms with van der Waals surface area (Å²) in [5.41, 5.74) is 3.28. The second-order valence-corrected chi connectivity index (χ2v) is 5.54. The summed E-state index contributed by atoms with van der Waals surface area (Å²) < 4.78 is 0. The van der Waals surface area contributed by atoms with Gasteiger partial charge in [-0.15, -0.1) is 0 Å². The summed E-state index contributed by atoms with van der Waals surface area (Å²) in [5, 5.41) is 24.7. The molecule has 8 heteroatoms. The Bertz CT molecular complexity index is 990. The van der Waals surface area contributed by atoms with E-state index in [0.29, 0.717) is 11.1 Å². The number of nitrogens with one attached hydrogen (secondary N) is 1. The second kappa shape index (κ2) is 6.60. The first-order chi connectivity index (χ1) is 12.4. The Morgan fingerprint density at radius 2 is 1.73 bits per heavy atom. The van der Waals surface area contributed by atoms with Crippen molar-refractivity contribution in [2.75, 3.05) is 0 Å². The highest BCUT2D eigenvalue weighted by molar-refractivity contribution is 6.35. The van der Waals surface area contributed by atoms with E-state index in [0.717, 1.165) is 0 Å². The van der Waals surface area contributed by atoms with Crippen LogP contribution in [-0.2, 0) is 0 Å². The Kier molecular flexibility index (Phi) is 4.32. The smallest absolute Gasteiger partial charge is 0.271 e. The first kappa shape index (κ1) is 17.0. The Labute approximate surface area is 147 Å². The molecule has 2 aromatic rings. The minimum absolute atomic E-state index is 0.0233. The van der Waals surface area contributed by atoms with Gasteiger partial charge in [-0.25, -0.2) is 5.43 Å².